The molecule has 0 aromatic heterocycles. The van der Waals surface area contributed by atoms with Crippen molar-refractivity contribution in [1.82, 2.24) is 4.90 Å². The second kappa shape index (κ2) is 8.71. The van der Waals surface area contributed by atoms with Gasteiger partial charge in [-0.2, -0.15) is 5.11 Å². The van der Waals surface area contributed by atoms with E-state index in [-0.39, 0.29) is 23.9 Å². The minimum Gasteiger partial charge on any atom is -0.332 e. The Bertz CT molecular complexity index is 1030. The van der Waals surface area contributed by atoms with Gasteiger partial charge in [-0.1, -0.05) is 54.4 Å². The Balaban J connectivity index is 1.82. The fourth-order valence-corrected chi connectivity index (χ4v) is 5.22. The van der Waals surface area contributed by atoms with Crippen molar-refractivity contribution in [3.63, 3.8) is 0 Å². The molecule has 7 heteroatoms. The Morgan fingerprint density at radius 3 is 2.45 bits per heavy atom. The third-order valence-electron chi connectivity index (χ3n) is 6.24. The molecule has 2 aliphatic rings. The zero-order chi connectivity index (χ0) is 22.2. The molecule has 31 heavy (non-hydrogen) atoms. The van der Waals surface area contributed by atoms with Crippen LogP contribution in [0.1, 0.15) is 56.7 Å². The minimum absolute atomic E-state index is 0.0226. The Hall–Kier alpha value is -2.24. The van der Waals surface area contributed by atoms with E-state index in [1.165, 1.54) is 0 Å². The van der Waals surface area contributed by atoms with Gasteiger partial charge in [-0.3, -0.25) is 4.79 Å². The van der Waals surface area contributed by atoms with Crippen LogP contribution in [-0.2, 0) is 4.79 Å². The van der Waals surface area contributed by atoms with E-state index in [0.29, 0.717) is 29.4 Å². The summed E-state index contributed by atoms with van der Waals surface area (Å²) in [7, 11) is 0. The van der Waals surface area contributed by atoms with Crippen LogP contribution < -0.4 is 0 Å². The summed E-state index contributed by atoms with van der Waals surface area (Å²) in [6, 6.07) is 15.7. The summed E-state index contributed by atoms with van der Waals surface area (Å²) in [5, 5.41) is 13.2. The molecule has 2 heterocycles. The molecule has 1 saturated heterocycles. The van der Waals surface area contributed by atoms with Crippen LogP contribution in [0, 0.1) is 5.41 Å². The number of halogens is 2. The second-order valence-corrected chi connectivity index (χ2v) is 9.83. The SMILES string of the molecule is CC(C)N1C(=O)[C@@](C)(CC2=NN=NC2)C[C@H](c2cccc(Cl)c2)[C@H]1c1ccc(Cl)cc1. The van der Waals surface area contributed by atoms with Gasteiger partial charge in [0.15, 0.2) is 0 Å². The van der Waals surface area contributed by atoms with Gasteiger partial charge in [0.1, 0.15) is 6.54 Å². The van der Waals surface area contributed by atoms with E-state index >= 15 is 0 Å². The molecule has 0 spiro atoms. The number of hydrogen-bond donors (Lipinski definition) is 0. The molecule has 4 rings (SSSR count). The molecule has 1 fully saturated rings. The number of benzene rings is 2. The van der Waals surface area contributed by atoms with Gasteiger partial charge in [0, 0.05) is 28.4 Å². The predicted molar refractivity (Wildman–Crippen MR) is 125 cm³/mol. The maximum atomic E-state index is 13.9. The van der Waals surface area contributed by atoms with Gasteiger partial charge in [0.25, 0.3) is 0 Å². The highest BCUT2D eigenvalue weighted by molar-refractivity contribution is 6.30. The molecule has 2 aromatic carbocycles. The van der Waals surface area contributed by atoms with Crippen LogP contribution in [0.4, 0.5) is 0 Å². The van der Waals surface area contributed by atoms with E-state index in [9.17, 15) is 4.79 Å². The van der Waals surface area contributed by atoms with Crippen molar-refractivity contribution in [3.8, 4) is 0 Å². The predicted octanol–water partition coefficient (Wildman–Crippen LogP) is 6.68. The van der Waals surface area contributed by atoms with Gasteiger partial charge in [-0.25, -0.2) is 0 Å². The van der Waals surface area contributed by atoms with Crippen LogP contribution in [0.2, 0.25) is 10.0 Å². The number of piperidine rings is 1. The number of carbonyl (C=O) groups is 1. The van der Waals surface area contributed by atoms with E-state index in [0.717, 1.165) is 16.8 Å². The summed E-state index contributed by atoms with van der Waals surface area (Å²) in [6.07, 6.45) is 1.23. The van der Waals surface area contributed by atoms with E-state index in [2.05, 4.69) is 35.4 Å². The zero-order valence-electron chi connectivity index (χ0n) is 17.9. The highest BCUT2D eigenvalue weighted by Gasteiger charge is 2.50. The summed E-state index contributed by atoms with van der Waals surface area (Å²) in [4.78, 5) is 16.0. The molecule has 2 aromatic rings. The van der Waals surface area contributed by atoms with Crippen LogP contribution in [0.3, 0.4) is 0 Å². The largest absolute Gasteiger partial charge is 0.332 e. The number of amides is 1. The number of rotatable bonds is 5. The standard InChI is InChI=1S/C24H26Cl2N4O/c1-15(2)30-22(16-7-9-18(25)10-8-16)21(17-5-4-6-19(26)11-17)13-24(3,23(30)31)12-20-14-27-29-28-20/h4-11,15,21-22H,12-14H2,1-3H3/t21-,22-,24+/m1/s1. The van der Waals surface area contributed by atoms with E-state index in [4.69, 9.17) is 23.2 Å². The molecular formula is C24H26Cl2N4O. The van der Waals surface area contributed by atoms with Crippen molar-refractivity contribution in [1.29, 1.82) is 0 Å². The van der Waals surface area contributed by atoms with Crippen LogP contribution in [0.25, 0.3) is 0 Å². The first kappa shape index (κ1) is 22.0. The van der Waals surface area contributed by atoms with Crippen LogP contribution in [-0.4, -0.2) is 29.1 Å². The summed E-state index contributed by atoms with van der Waals surface area (Å²) in [6.45, 7) is 6.65. The Labute approximate surface area is 193 Å². The average Bonchev–Trinajstić information content (AvgIpc) is 3.23. The fourth-order valence-electron chi connectivity index (χ4n) is 4.89. The molecule has 162 valence electrons. The Morgan fingerprint density at radius 1 is 1.10 bits per heavy atom. The molecule has 0 bridgehead atoms. The summed E-state index contributed by atoms with van der Waals surface area (Å²) in [5.74, 6) is 0.205. The lowest BCUT2D eigenvalue weighted by Gasteiger charge is -2.51. The molecule has 0 radical (unpaired) electrons. The van der Waals surface area contributed by atoms with Crippen LogP contribution >= 0.6 is 23.2 Å². The van der Waals surface area contributed by atoms with Gasteiger partial charge in [0.2, 0.25) is 5.91 Å². The molecular weight excluding hydrogens is 431 g/mol. The van der Waals surface area contributed by atoms with Crippen molar-refractivity contribution in [2.45, 2.75) is 51.6 Å². The van der Waals surface area contributed by atoms with Crippen molar-refractivity contribution in [2.75, 3.05) is 6.54 Å². The lowest BCUT2D eigenvalue weighted by Crippen LogP contribution is -2.54. The van der Waals surface area contributed by atoms with Crippen LogP contribution in [0.15, 0.2) is 64.0 Å². The van der Waals surface area contributed by atoms with Crippen molar-refractivity contribution in [2.24, 2.45) is 20.9 Å². The van der Waals surface area contributed by atoms with E-state index in [1.807, 2.05) is 54.3 Å². The summed E-state index contributed by atoms with van der Waals surface area (Å²) >= 11 is 12.5. The monoisotopic (exact) mass is 456 g/mol. The topological polar surface area (TPSA) is 57.4 Å². The zero-order valence-corrected chi connectivity index (χ0v) is 19.4. The first-order valence-electron chi connectivity index (χ1n) is 10.5. The fraction of sp³-hybridized carbons (Fsp3) is 0.417. The molecule has 5 nitrogen and oxygen atoms in total. The summed E-state index contributed by atoms with van der Waals surface area (Å²) < 4.78 is 0. The number of likely N-dealkylation sites (tertiary alicyclic amines) is 1. The van der Waals surface area contributed by atoms with Gasteiger partial charge in [-0.15, -0.1) is 5.10 Å². The van der Waals surface area contributed by atoms with Gasteiger partial charge in [-0.05, 0) is 60.9 Å². The first-order valence-corrected chi connectivity index (χ1v) is 11.3. The van der Waals surface area contributed by atoms with Gasteiger partial charge in [0.05, 0.1) is 17.2 Å². The summed E-state index contributed by atoms with van der Waals surface area (Å²) in [5.41, 5.74) is 2.45. The normalized spacial score (nSPS) is 25.9. The maximum absolute atomic E-state index is 13.9. The highest BCUT2D eigenvalue weighted by atomic mass is 35.5. The number of hydrogen-bond acceptors (Lipinski definition) is 4. The molecule has 0 aliphatic carbocycles. The maximum Gasteiger partial charge on any atom is 0.229 e. The molecule has 0 unspecified atom stereocenters. The molecule has 3 atom stereocenters. The third kappa shape index (κ3) is 4.39. The Morgan fingerprint density at radius 2 is 1.84 bits per heavy atom. The van der Waals surface area contributed by atoms with Crippen molar-refractivity contribution >= 4 is 34.8 Å². The number of carbonyl (C=O) groups excluding carboxylic acids is 1. The lowest BCUT2D eigenvalue weighted by atomic mass is 9.66. The van der Waals surface area contributed by atoms with E-state index in [1.54, 1.807) is 0 Å². The quantitative estimate of drug-likeness (QED) is 0.494. The van der Waals surface area contributed by atoms with Crippen molar-refractivity contribution < 1.29 is 4.79 Å². The smallest absolute Gasteiger partial charge is 0.229 e. The highest BCUT2D eigenvalue weighted by Crippen LogP contribution is 2.52. The molecule has 2 aliphatic heterocycles. The molecule has 0 saturated carbocycles. The molecule has 0 N–H and O–H groups in total. The van der Waals surface area contributed by atoms with Crippen molar-refractivity contribution in [3.05, 3.63) is 69.7 Å². The first-order chi connectivity index (χ1) is 14.8. The lowest BCUT2D eigenvalue weighted by molar-refractivity contribution is -0.153. The second-order valence-electron chi connectivity index (χ2n) is 8.96. The number of nitrogens with zero attached hydrogens (tertiary/aromatic N) is 4. The van der Waals surface area contributed by atoms with Gasteiger partial charge < -0.3 is 4.90 Å². The van der Waals surface area contributed by atoms with Gasteiger partial charge >= 0.3 is 0 Å². The molecule has 1 amide bonds. The minimum atomic E-state index is -0.603. The average molecular weight is 457 g/mol. The van der Waals surface area contributed by atoms with E-state index < -0.39 is 5.41 Å². The third-order valence-corrected chi connectivity index (χ3v) is 6.73. The van der Waals surface area contributed by atoms with Crippen LogP contribution in [0.5, 0.6) is 0 Å². The Kier molecular flexibility index (Phi) is 6.18.